The Morgan fingerprint density at radius 2 is 1.89 bits per heavy atom. The third-order valence-electron chi connectivity index (χ3n) is 5.13. The van der Waals surface area contributed by atoms with Crippen molar-refractivity contribution in [3.8, 4) is 5.75 Å². The van der Waals surface area contributed by atoms with Crippen molar-refractivity contribution in [2.45, 2.75) is 49.8 Å². The van der Waals surface area contributed by atoms with E-state index in [9.17, 15) is 8.42 Å². The number of sulfonamides is 1. The Morgan fingerprint density at radius 3 is 2.61 bits per heavy atom. The van der Waals surface area contributed by atoms with Crippen LogP contribution in [0.2, 0.25) is 5.02 Å². The highest BCUT2D eigenvalue weighted by Gasteiger charge is 2.28. The van der Waals surface area contributed by atoms with Crippen LogP contribution in [0.15, 0.2) is 47.4 Å². The summed E-state index contributed by atoms with van der Waals surface area (Å²) in [4.78, 5) is 2.42. The maximum absolute atomic E-state index is 12.7. The number of hydrogen-bond donors (Lipinski definition) is 1. The fraction of sp³-hybridized carbons (Fsp3) is 0.429. The van der Waals surface area contributed by atoms with Gasteiger partial charge in [-0.3, -0.25) is 4.90 Å². The summed E-state index contributed by atoms with van der Waals surface area (Å²) >= 11 is 6.11. The summed E-state index contributed by atoms with van der Waals surface area (Å²) in [5.41, 5.74) is 2.07. The second kappa shape index (κ2) is 8.03. The molecule has 28 heavy (non-hydrogen) atoms. The average molecular weight is 421 g/mol. The zero-order chi connectivity index (χ0) is 19.7. The first-order valence-electron chi connectivity index (χ1n) is 9.65. The van der Waals surface area contributed by atoms with Gasteiger partial charge in [0.1, 0.15) is 10.6 Å². The van der Waals surface area contributed by atoms with Crippen molar-refractivity contribution in [3.63, 3.8) is 0 Å². The van der Waals surface area contributed by atoms with E-state index in [1.54, 1.807) is 18.2 Å². The lowest BCUT2D eigenvalue weighted by Crippen LogP contribution is -2.37. The Hall–Kier alpha value is -1.60. The van der Waals surface area contributed by atoms with Gasteiger partial charge in [-0.25, -0.2) is 13.1 Å². The molecule has 0 spiro atoms. The number of nitrogens with one attached hydrogen (secondary N) is 1. The Morgan fingerprint density at radius 1 is 1.14 bits per heavy atom. The molecule has 0 aromatic heterocycles. The molecule has 1 N–H and O–H groups in total. The van der Waals surface area contributed by atoms with Crippen molar-refractivity contribution in [1.29, 1.82) is 0 Å². The zero-order valence-electron chi connectivity index (χ0n) is 15.9. The normalized spacial score (nSPS) is 20.4. The van der Waals surface area contributed by atoms with Gasteiger partial charge in [0.15, 0.2) is 0 Å². The van der Waals surface area contributed by atoms with Gasteiger partial charge in [0.05, 0.1) is 11.1 Å². The molecular weight excluding hydrogens is 396 g/mol. The second-order valence-electron chi connectivity index (χ2n) is 7.74. The fourth-order valence-electron chi connectivity index (χ4n) is 3.48. The highest BCUT2D eigenvalue weighted by atomic mass is 35.5. The van der Waals surface area contributed by atoms with E-state index in [0.29, 0.717) is 12.6 Å². The predicted octanol–water partition coefficient (Wildman–Crippen LogP) is 3.74. The van der Waals surface area contributed by atoms with Gasteiger partial charge in [-0.1, -0.05) is 29.8 Å². The van der Waals surface area contributed by atoms with E-state index in [1.807, 2.05) is 19.1 Å². The van der Waals surface area contributed by atoms with Crippen LogP contribution in [0.3, 0.4) is 0 Å². The molecule has 2 fully saturated rings. The van der Waals surface area contributed by atoms with E-state index in [4.69, 9.17) is 16.3 Å². The Balaban J connectivity index is 1.34. The number of ether oxygens (including phenoxy) is 1. The summed E-state index contributed by atoms with van der Waals surface area (Å²) < 4.78 is 34.1. The predicted molar refractivity (Wildman–Crippen MR) is 110 cm³/mol. The SMILES string of the molecule is Cc1ccc(Cl)c(S(=O)(=O)N[C@@H]2CCN(Cc3ccc(OC4CC4)cc3)C2)c1. The minimum atomic E-state index is -3.63. The zero-order valence-corrected chi connectivity index (χ0v) is 17.5. The number of nitrogens with zero attached hydrogens (tertiary/aromatic N) is 1. The van der Waals surface area contributed by atoms with Crippen LogP contribution in [0.5, 0.6) is 5.75 Å². The van der Waals surface area contributed by atoms with E-state index in [-0.39, 0.29) is 16.0 Å². The summed E-state index contributed by atoms with van der Waals surface area (Å²) in [6.07, 6.45) is 3.49. The van der Waals surface area contributed by atoms with Crippen molar-refractivity contribution in [2.24, 2.45) is 0 Å². The maximum atomic E-state index is 12.7. The number of aryl methyl sites for hydroxylation is 1. The molecule has 2 aliphatic rings. The van der Waals surface area contributed by atoms with Crippen LogP contribution >= 0.6 is 11.6 Å². The topological polar surface area (TPSA) is 58.6 Å². The van der Waals surface area contributed by atoms with Crippen molar-refractivity contribution in [3.05, 3.63) is 58.6 Å². The Kier molecular flexibility index (Phi) is 5.65. The summed E-state index contributed by atoms with van der Waals surface area (Å²) in [6.45, 7) is 4.19. The molecule has 7 heteroatoms. The smallest absolute Gasteiger partial charge is 0.242 e. The third kappa shape index (κ3) is 4.87. The van der Waals surface area contributed by atoms with Crippen LogP contribution in [0.1, 0.15) is 30.4 Å². The van der Waals surface area contributed by atoms with Gasteiger partial charge in [0.25, 0.3) is 0 Å². The number of halogens is 1. The largest absolute Gasteiger partial charge is 0.490 e. The molecule has 1 saturated carbocycles. The van der Waals surface area contributed by atoms with Gasteiger partial charge >= 0.3 is 0 Å². The first-order chi connectivity index (χ1) is 13.4. The van der Waals surface area contributed by atoms with E-state index < -0.39 is 10.0 Å². The lowest BCUT2D eigenvalue weighted by atomic mass is 10.2. The number of likely N-dealkylation sites (tertiary alicyclic amines) is 1. The summed E-state index contributed by atoms with van der Waals surface area (Å²) in [6, 6.07) is 13.1. The average Bonchev–Trinajstić information content (AvgIpc) is 3.37. The second-order valence-corrected chi connectivity index (χ2v) is 9.83. The molecular formula is C21H25ClN2O3S. The van der Waals surface area contributed by atoms with Crippen LogP contribution in [0, 0.1) is 6.92 Å². The van der Waals surface area contributed by atoms with Crippen molar-refractivity contribution in [2.75, 3.05) is 13.1 Å². The van der Waals surface area contributed by atoms with Crippen molar-refractivity contribution in [1.82, 2.24) is 9.62 Å². The molecule has 4 rings (SSSR count). The highest BCUT2D eigenvalue weighted by Crippen LogP contribution is 2.27. The lowest BCUT2D eigenvalue weighted by Gasteiger charge is -2.17. The first-order valence-corrected chi connectivity index (χ1v) is 11.5. The first kappa shape index (κ1) is 19.7. The summed E-state index contributed by atoms with van der Waals surface area (Å²) in [7, 11) is -3.63. The lowest BCUT2D eigenvalue weighted by molar-refractivity contribution is 0.302. The van der Waals surface area contributed by atoms with E-state index >= 15 is 0 Å². The molecule has 0 radical (unpaired) electrons. The standard InChI is InChI=1S/C21H25ClN2O3S/c1-15-2-9-20(22)21(12-15)28(25,26)23-17-10-11-24(14-17)13-16-3-5-18(6-4-16)27-19-7-8-19/h2-6,9,12,17,19,23H,7-8,10-11,13-14H2,1H3/t17-/m1/s1. The van der Waals surface area contributed by atoms with Crippen LogP contribution in [0.25, 0.3) is 0 Å². The molecule has 2 aromatic rings. The number of benzene rings is 2. The monoisotopic (exact) mass is 420 g/mol. The minimum Gasteiger partial charge on any atom is -0.490 e. The quantitative estimate of drug-likeness (QED) is 0.741. The molecule has 1 heterocycles. The van der Waals surface area contributed by atoms with E-state index in [2.05, 4.69) is 21.8 Å². The molecule has 1 saturated heterocycles. The molecule has 150 valence electrons. The molecule has 1 aliphatic heterocycles. The van der Waals surface area contributed by atoms with Crippen LogP contribution in [-0.4, -0.2) is 38.6 Å². The van der Waals surface area contributed by atoms with Gasteiger partial charge in [-0.15, -0.1) is 0 Å². The Bertz CT molecular complexity index is 943. The fourth-order valence-corrected chi connectivity index (χ4v) is 5.33. The molecule has 0 bridgehead atoms. The third-order valence-corrected chi connectivity index (χ3v) is 7.13. The van der Waals surface area contributed by atoms with Gasteiger partial charge in [0.2, 0.25) is 10.0 Å². The van der Waals surface area contributed by atoms with Crippen LogP contribution in [0.4, 0.5) is 0 Å². The minimum absolute atomic E-state index is 0.112. The van der Waals surface area contributed by atoms with Gasteiger partial charge < -0.3 is 4.74 Å². The van der Waals surface area contributed by atoms with Crippen LogP contribution in [-0.2, 0) is 16.6 Å². The molecule has 5 nitrogen and oxygen atoms in total. The van der Waals surface area contributed by atoms with Gasteiger partial charge in [0, 0.05) is 25.7 Å². The number of rotatable bonds is 7. The molecule has 0 amide bonds. The number of hydrogen-bond acceptors (Lipinski definition) is 4. The summed E-state index contributed by atoms with van der Waals surface area (Å²) in [5, 5.41) is 0.251. The Labute approximate surface area is 171 Å². The van der Waals surface area contributed by atoms with Gasteiger partial charge in [-0.05, 0) is 61.6 Å². The molecule has 0 unspecified atom stereocenters. The van der Waals surface area contributed by atoms with E-state index in [0.717, 1.165) is 43.7 Å². The van der Waals surface area contributed by atoms with E-state index in [1.165, 1.54) is 5.56 Å². The van der Waals surface area contributed by atoms with Gasteiger partial charge in [-0.2, -0.15) is 0 Å². The summed E-state index contributed by atoms with van der Waals surface area (Å²) in [5.74, 6) is 0.924. The molecule has 2 aromatic carbocycles. The maximum Gasteiger partial charge on any atom is 0.242 e. The van der Waals surface area contributed by atoms with Crippen molar-refractivity contribution >= 4 is 21.6 Å². The van der Waals surface area contributed by atoms with Crippen molar-refractivity contribution < 1.29 is 13.2 Å². The van der Waals surface area contributed by atoms with Crippen LogP contribution < -0.4 is 9.46 Å². The molecule has 1 aliphatic carbocycles. The highest BCUT2D eigenvalue weighted by molar-refractivity contribution is 7.89. The molecule has 1 atom stereocenters.